The fraction of sp³-hybridized carbons (Fsp3) is 0.222. The molecule has 0 heterocycles. The van der Waals surface area contributed by atoms with E-state index in [-0.39, 0.29) is 9.27 Å². The molecule has 1 rings (SSSR count). The van der Waals surface area contributed by atoms with Crippen LogP contribution in [0.2, 0.25) is 0 Å². The fourth-order valence-electron chi connectivity index (χ4n) is 1.33. The van der Waals surface area contributed by atoms with Gasteiger partial charge in [0.2, 0.25) is 20.0 Å². The summed E-state index contributed by atoms with van der Waals surface area (Å²) in [5.41, 5.74) is -0.683. The van der Waals surface area contributed by atoms with Crippen LogP contribution in [0.3, 0.4) is 0 Å². The summed E-state index contributed by atoms with van der Waals surface area (Å²) in [5, 5.41) is 8.54. The second-order valence-corrected chi connectivity index (χ2v) is 7.39. The van der Waals surface area contributed by atoms with Gasteiger partial charge in [0.25, 0.3) is 0 Å². The predicted molar refractivity (Wildman–Crippen MR) is 63.3 cm³/mol. The zero-order chi connectivity index (χ0) is 14.1. The van der Waals surface area contributed by atoms with Crippen LogP contribution < -0.4 is 3.71 Å². The SMILES string of the molecule is CS(=O)(=O)N(c1ccc(C#N)cc1F)S(C)(=O)=O. The summed E-state index contributed by atoms with van der Waals surface area (Å²) >= 11 is 0. The van der Waals surface area contributed by atoms with Gasteiger partial charge in [-0.3, -0.25) is 0 Å². The largest absolute Gasteiger partial charge is 0.245 e. The monoisotopic (exact) mass is 292 g/mol. The molecule has 0 aliphatic carbocycles. The number of anilines is 1. The Labute approximate surface area is 104 Å². The Morgan fingerprint density at radius 3 is 2.00 bits per heavy atom. The fourth-order valence-corrected chi connectivity index (χ4v) is 4.31. The third-order valence-electron chi connectivity index (χ3n) is 1.88. The molecular weight excluding hydrogens is 283 g/mol. The maximum atomic E-state index is 13.6. The van der Waals surface area contributed by atoms with Crippen LogP contribution in [0.1, 0.15) is 5.56 Å². The van der Waals surface area contributed by atoms with Crippen molar-refractivity contribution in [2.45, 2.75) is 0 Å². The average Bonchev–Trinajstić information content (AvgIpc) is 2.16. The number of rotatable bonds is 3. The molecule has 0 radical (unpaired) electrons. The van der Waals surface area contributed by atoms with Gasteiger partial charge >= 0.3 is 0 Å². The number of halogens is 1. The second-order valence-electron chi connectivity index (χ2n) is 3.50. The molecule has 0 aliphatic heterocycles. The minimum absolute atomic E-state index is 0.0174. The Morgan fingerprint density at radius 2 is 1.67 bits per heavy atom. The van der Waals surface area contributed by atoms with Crippen molar-refractivity contribution in [3.05, 3.63) is 29.6 Å². The highest BCUT2D eigenvalue weighted by Crippen LogP contribution is 2.25. The van der Waals surface area contributed by atoms with Gasteiger partial charge in [-0.25, -0.2) is 21.2 Å². The van der Waals surface area contributed by atoms with Crippen LogP contribution in [0.15, 0.2) is 18.2 Å². The maximum absolute atomic E-state index is 13.6. The first-order valence-corrected chi connectivity index (χ1v) is 8.17. The molecule has 0 amide bonds. The van der Waals surface area contributed by atoms with Crippen molar-refractivity contribution in [3.8, 4) is 6.07 Å². The highest BCUT2D eigenvalue weighted by molar-refractivity contribution is 8.09. The minimum Gasteiger partial charge on any atom is -0.206 e. The van der Waals surface area contributed by atoms with Gasteiger partial charge in [0.05, 0.1) is 24.1 Å². The summed E-state index contributed by atoms with van der Waals surface area (Å²) in [5.74, 6) is -1.11. The maximum Gasteiger partial charge on any atom is 0.245 e. The third-order valence-corrected chi connectivity index (χ3v) is 5.10. The third kappa shape index (κ3) is 2.96. The molecule has 0 fully saturated rings. The van der Waals surface area contributed by atoms with E-state index in [0.29, 0.717) is 12.5 Å². The van der Waals surface area contributed by atoms with Crippen molar-refractivity contribution < 1.29 is 21.2 Å². The van der Waals surface area contributed by atoms with Gasteiger partial charge in [-0.1, -0.05) is 0 Å². The first-order chi connectivity index (χ1) is 8.07. The van der Waals surface area contributed by atoms with Crippen LogP contribution in [0.25, 0.3) is 0 Å². The van der Waals surface area contributed by atoms with E-state index in [0.717, 1.165) is 18.2 Å². The first-order valence-electron chi connectivity index (χ1n) is 4.47. The van der Waals surface area contributed by atoms with E-state index in [1.54, 1.807) is 6.07 Å². The van der Waals surface area contributed by atoms with E-state index < -0.39 is 31.6 Å². The number of nitrogens with zero attached hydrogens (tertiary/aromatic N) is 2. The average molecular weight is 292 g/mol. The van der Waals surface area contributed by atoms with E-state index >= 15 is 0 Å². The Hall–Kier alpha value is -1.66. The van der Waals surface area contributed by atoms with E-state index in [2.05, 4.69) is 0 Å². The van der Waals surface area contributed by atoms with Crippen molar-refractivity contribution in [1.29, 1.82) is 5.26 Å². The summed E-state index contributed by atoms with van der Waals surface area (Å²) in [4.78, 5) is 0. The quantitative estimate of drug-likeness (QED) is 0.804. The highest BCUT2D eigenvalue weighted by atomic mass is 32.3. The summed E-state index contributed by atoms with van der Waals surface area (Å²) in [6.45, 7) is 0. The Morgan fingerprint density at radius 1 is 1.17 bits per heavy atom. The van der Waals surface area contributed by atoms with Crippen LogP contribution >= 0.6 is 0 Å². The lowest BCUT2D eigenvalue weighted by molar-refractivity contribution is 0.585. The zero-order valence-electron chi connectivity index (χ0n) is 9.45. The molecule has 0 saturated carbocycles. The van der Waals surface area contributed by atoms with Crippen molar-refractivity contribution in [3.63, 3.8) is 0 Å². The van der Waals surface area contributed by atoms with Crippen LogP contribution in [0, 0.1) is 17.1 Å². The molecule has 0 bridgehead atoms. The number of sulfonamides is 2. The lowest BCUT2D eigenvalue weighted by Crippen LogP contribution is -2.35. The number of benzene rings is 1. The molecule has 0 aliphatic rings. The first kappa shape index (κ1) is 14.4. The smallest absolute Gasteiger partial charge is 0.206 e. The van der Waals surface area contributed by atoms with Gasteiger partial charge in [-0.05, 0) is 18.2 Å². The number of nitriles is 1. The standard InChI is InChI=1S/C9H9FN2O4S2/c1-17(13,14)12(18(2,15)16)9-4-3-7(6-11)5-8(9)10/h3-5H,1-2H3. The van der Waals surface area contributed by atoms with Gasteiger partial charge in [0, 0.05) is 0 Å². The molecule has 6 nitrogen and oxygen atoms in total. The molecule has 0 N–H and O–H groups in total. The Balaban J connectivity index is 3.57. The van der Waals surface area contributed by atoms with Crippen LogP contribution in [0.5, 0.6) is 0 Å². The van der Waals surface area contributed by atoms with Crippen LogP contribution in [-0.2, 0) is 20.0 Å². The summed E-state index contributed by atoms with van der Waals surface area (Å²) in [7, 11) is -8.39. The molecule has 1 aromatic rings. The van der Waals surface area contributed by atoms with E-state index in [9.17, 15) is 21.2 Å². The molecule has 18 heavy (non-hydrogen) atoms. The molecule has 98 valence electrons. The minimum atomic E-state index is -4.20. The van der Waals surface area contributed by atoms with Gasteiger partial charge < -0.3 is 0 Å². The van der Waals surface area contributed by atoms with E-state index in [4.69, 9.17) is 5.26 Å². The topological polar surface area (TPSA) is 95.3 Å². The zero-order valence-corrected chi connectivity index (χ0v) is 11.1. The van der Waals surface area contributed by atoms with Crippen LogP contribution in [0.4, 0.5) is 10.1 Å². The summed E-state index contributed by atoms with van der Waals surface area (Å²) < 4.78 is 59.2. The summed E-state index contributed by atoms with van der Waals surface area (Å²) in [6, 6.07) is 4.47. The molecule has 1 aromatic carbocycles. The van der Waals surface area contributed by atoms with Gasteiger partial charge in [0.1, 0.15) is 11.5 Å². The van der Waals surface area contributed by atoms with Gasteiger partial charge in [0.15, 0.2) is 0 Å². The summed E-state index contributed by atoms with van der Waals surface area (Å²) in [6.07, 6.45) is 1.29. The molecule has 0 saturated heterocycles. The lowest BCUT2D eigenvalue weighted by Gasteiger charge is -2.20. The van der Waals surface area contributed by atoms with Gasteiger partial charge in [-0.15, -0.1) is 0 Å². The molecule has 0 unspecified atom stereocenters. The van der Waals surface area contributed by atoms with Crippen molar-refractivity contribution in [2.75, 3.05) is 16.2 Å². The van der Waals surface area contributed by atoms with Crippen molar-refractivity contribution in [1.82, 2.24) is 0 Å². The van der Waals surface area contributed by atoms with E-state index in [1.165, 1.54) is 0 Å². The molecule has 0 spiro atoms. The van der Waals surface area contributed by atoms with Gasteiger partial charge in [-0.2, -0.15) is 8.97 Å². The number of hydrogen-bond acceptors (Lipinski definition) is 5. The highest BCUT2D eigenvalue weighted by Gasteiger charge is 2.29. The van der Waals surface area contributed by atoms with Crippen LogP contribution in [-0.4, -0.2) is 29.3 Å². The Bertz CT molecular complexity index is 687. The predicted octanol–water partition coefficient (Wildman–Crippen LogP) is 0.423. The lowest BCUT2D eigenvalue weighted by atomic mass is 10.2. The number of hydrogen-bond donors (Lipinski definition) is 0. The van der Waals surface area contributed by atoms with Crippen molar-refractivity contribution >= 4 is 25.7 Å². The van der Waals surface area contributed by atoms with Crippen molar-refractivity contribution in [2.24, 2.45) is 0 Å². The van der Waals surface area contributed by atoms with E-state index in [1.807, 2.05) is 0 Å². The molecule has 9 heteroatoms. The molecule has 0 atom stereocenters. The normalized spacial score (nSPS) is 11.9. The Kier molecular flexibility index (Phi) is 3.64. The second kappa shape index (κ2) is 4.55. The molecule has 0 aromatic heterocycles. The molecular formula is C9H9FN2O4S2.